The van der Waals surface area contributed by atoms with Gasteiger partial charge in [-0.3, -0.25) is 19.7 Å². The van der Waals surface area contributed by atoms with Gasteiger partial charge >= 0.3 is 6.09 Å². The maximum absolute atomic E-state index is 12.3. The zero-order valence-electron chi connectivity index (χ0n) is 19.3. The van der Waals surface area contributed by atoms with Crippen molar-refractivity contribution >= 4 is 17.8 Å². The summed E-state index contributed by atoms with van der Waals surface area (Å²) in [6.45, 7) is 2.01. The van der Waals surface area contributed by atoms with Crippen LogP contribution in [-0.2, 0) is 27.4 Å². The Bertz CT molecular complexity index is 936. The molecule has 34 heavy (non-hydrogen) atoms. The molecular weight excluding hydrogens is 438 g/mol. The van der Waals surface area contributed by atoms with Crippen LogP contribution in [-0.4, -0.2) is 41.8 Å². The minimum Gasteiger partial charge on any atom is -0.445 e. The van der Waals surface area contributed by atoms with Crippen molar-refractivity contribution in [2.24, 2.45) is 5.92 Å². The van der Waals surface area contributed by atoms with Gasteiger partial charge in [-0.2, -0.15) is 0 Å². The molecule has 0 bridgehead atoms. The molecule has 0 heterocycles. The van der Waals surface area contributed by atoms with E-state index in [0.717, 1.165) is 11.1 Å². The number of nitrogens with one attached hydrogen (secondary N) is 2. The van der Waals surface area contributed by atoms with Gasteiger partial charge in [-0.1, -0.05) is 67.6 Å². The Morgan fingerprint density at radius 1 is 0.941 bits per heavy atom. The second-order valence-corrected chi connectivity index (χ2v) is 8.15. The lowest BCUT2D eigenvalue weighted by Gasteiger charge is -2.13. The summed E-state index contributed by atoms with van der Waals surface area (Å²) in [4.78, 5) is 46.9. The molecule has 0 saturated heterocycles. The number of amides is 2. The fraction of sp³-hybridized carbons (Fsp3) is 0.400. The van der Waals surface area contributed by atoms with Crippen molar-refractivity contribution in [1.29, 1.82) is 0 Å². The number of carbonyl (C=O) groups excluding carboxylic acids is 3. The van der Waals surface area contributed by atoms with Crippen molar-refractivity contribution in [2.45, 2.75) is 45.3 Å². The van der Waals surface area contributed by atoms with Gasteiger partial charge in [-0.15, -0.1) is 0 Å². The first-order valence-electron chi connectivity index (χ1n) is 11.3. The minimum atomic E-state index is -1.36. The molecular formula is C25H31N3O6. The predicted octanol–water partition coefficient (Wildman–Crippen LogP) is 3.29. The number of nitrogens with zero attached hydrogens (tertiary/aromatic N) is 1. The topological polar surface area (TPSA) is 128 Å². The van der Waals surface area contributed by atoms with Crippen LogP contribution in [0.1, 0.15) is 37.3 Å². The number of benzene rings is 2. The van der Waals surface area contributed by atoms with E-state index in [9.17, 15) is 24.5 Å². The van der Waals surface area contributed by atoms with Crippen molar-refractivity contribution in [3.8, 4) is 0 Å². The lowest BCUT2D eigenvalue weighted by Crippen LogP contribution is -2.39. The monoisotopic (exact) mass is 469 g/mol. The molecule has 182 valence electrons. The summed E-state index contributed by atoms with van der Waals surface area (Å²) in [7, 11) is 0. The Hall–Kier alpha value is -3.75. The molecule has 2 unspecified atom stereocenters. The quantitative estimate of drug-likeness (QED) is 0.323. The summed E-state index contributed by atoms with van der Waals surface area (Å²) < 4.78 is 5.14. The number of rotatable bonds is 14. The van der Waals surface area contributed by atoms with Crippen LogP contribution in [0.2, 0.25) is 0 Å². The van der Waals surface area contributed by atoms with Crippen molar-refractivity contribution < 1.29 is 24.0 Å². The molecule has 9 nitrogen and oxygen atoms in total. The van der Waals surface area contributed by atoms with Crippen LogP contribution in [0.5, 0.6) is 0 Å². The van der Waals surface area contributed by atoms with E-state index in [4.69, 9.17) is 4.74 Å². The molecule has 9 heteroatoms. The highest BCUT2D eigenvalue weighted by Gasteiger charge is 2.29. The molecule has 0 fully saturated rings. The number of aryl methyl sites for hydroxylation is 1. The molecule has 0 spiro atoms. The van der Waals surface area contributed by atoms with E-state index in [1.165, 1.54) is 0 Å². The van der Waals surface area contributed by atoms with Gasteiger partial charge in [0, 0.05) is 24.3 Å². The summed E-state index contributed by atoms with van der Waals surface area (Å²) in [5.74, 6) is -0.981. The van der Waals surface area contributed by atoms with Gasteiger partial charge in [0.15, 0.2) is 0 Å². The molecule has 0 saturated carbocycles. The van der Waals surface area contributed by atoms with Crippen molar-refractivity contribution in [1.82, 2.24) is 10.6 Å². The van der Waals surface area contributed by atoms with Gasteiger partial charge < -0.3 is 15.4 Å². The van der Waals surface area contributed by atoms with Crippen molar-refractivity contribution in [3.05, 3.63) is 81.9 Å². The van der Waals surface area contributed by atoms with Crippen LogP contribution < -0.4 is 10.6 Å². The van der Waals surface area contributed by atoms with Gasteiger partial charge in [-0.05, 0) is 29.9 Å². The summed E-state index contributed by atoms with van der Waals surface area (Å²) in [5, 5.41) is 16.4. The fourth-order valence-corrected chi connectivity index (χ4v) is 3.24. The summed E-state index contributed by atoms with van der Waals surface area (Å²) in [6, 6.07) is 17.2. The lowest BCUT2D eigenvalue weighted by atomic mass is 10.0. The average molecular weight is 470 g/mol. The number of ketones is 1. The summed E-state index contributed by atoms with van der Waals surface area (Å²) >= 11 is 0. The highest BCUT2D eigenvalue weighted by molar-refractivity contribution is 5.88. The maximum Gasteiger partial charge on any atom is 0.407 e. The smallest absolute Gasteiger partial charge is 0.407 e. The first-order chi connectivity index (χ1) is 16.3. The van der Waals surface area contributed by atoms with Gasteiger partial charge in [0.25, 0.3) is 6.04 Å². The Morgan fingerprint density at radius 2 is 1.56 bits per heavy atom. The van der Waals surface area contributed by atoms with Crippen LogP contribution in [0, 0.1) is 16.0 Å². The molecule has 2 N–H and O–H groups in total. The average Bonchev–Trinajstić information content (AvgIpc) is 2.84. The largest absolute Gasteiger partial charge is 0.445 e. The second-order valence-electron chi connectivity index (χ2n) is 8.15. The van der Waals surface area contributed by atoms with Gasteiger partial charge in [0.05, 0.1) is 6.54 Å². The third-order valence-electron chi connectivity index (χ3n) is 5.31. The van der Waals surface area contributed by atoms with Gasteiger partial charge in [0.2, 0.25) is 11.7 Å². The number of carbonyl (C=O) groups is 3. The standard InChI is InChI=1S/C25H31N3O6/c1-19(16-27-25(31)34-18-21-10-6-3-7-11-21)12-15-24(30)26-17-23(29)22(28(32)33)14-13-20-8-4-2-5-9-20/h2-11,19,22H,12-18H2,1H3,(H,26,30)(H,27,31). The molecule has 2 rings (SSSR count). The van der Waals surface area contributed by atoms with E-state index in [1.807, 2.05) is 67.6 Å². The Balaban J connectivity index is 1.62. The third kappa shape index (κ3) is 10.2. The molecule has 2 atom stereocenters. The number of alkyl carbamates (subject to hydrolysis) is 1. The van der Waals surface area contributed by atoms with Crippen molar-refractivity contribution in [2.75, 3.05) is 13.1 Å². The third-order valence-corrected chi connectivity index (χ3v) is 5.31. The predicted molar refractivity (Wildman–Crippen MR) is 127 cm³/mol. The van der Waals surface area contributed by atoms with E-state index < -0.39 is 22.8 Å². The van der Waals surface area contributed by atoms with Gasteiger partial charge in [-0.25, -0.2) is 4.79 Å². The summed E-state index contributed by atoms with van der Waals surface area (Å²) in [5.41, 5.74) is 1.80. The second kappa shape index (κ2) is 14.4. The van der Waals surface area contributed by atoms with Crippen LogP contribution in [0.25, 0.3) is 0 Å². The zero-order chi connectivity index (χ0) is 24.8. The molecule has 2 aromatic rings. The molecule has 0 radical (unpaired) electrons. The van der Waals surface area contributed by atoms with Crippen LogP contribution in [0.4, 0.5) is 4.79 Å². The highest BCUT2D eigenvalue weighted by Crippen LogP contribution is 2.09. The highest BCUT2D eigenvalue weighted by atomic mass is 16.6. The van der Waals surface area contributed by atoms with E-state index >= 15 is 0 Å². The molecule has 0 aliphatic carbocycles. The number of ether oxygens (including phenoxy) is 1. The number of nitro groups is 1. The van der Waals surface area contributed by atoms with E-state index in [-0.39, 0.29) is 37.8 Å². The first kappa shape index (κ1) is 26.5. The number of Topliss-reactive ketones (excluding diaryl/α,β-unsaturated/α-hetero) is 1. The Morgan fingerprint density at radius 3 is 2.18 bits per heavy atom. The zero-order valence-corrected chi connectivity index (χ0v) is 19.3. The van der Waals surface area contributed by atoms with E-state index in [1.54, 1.807) is 0 Å². The normalized spacial score (nSPS) is 12.3. The van der Waals surface area contributed by atoms with Crippen LogP contribution >= 0.6 is 0 Å². The number of hydrogen-bond acceptors (Lipinski definition) is 6. The number of hydrogen-bond donors (Lipinski definition) is 2. The SMILES string of the molecule is CC(CCC(=O)NCC(=O)C(CCc1ccccc1)[N+](=O)[O-])CNC(=O)OCc1ccccc1. The lowest BCUT2D eigenvalue weighted by molar-refractivity contribution is -0.508. The van der Waals surface area contributed by atoms with Crippen LogP contribution in [0.3, 0.4) is 0 Å². The van der Waals surface area contributed by atoms with E-state index in [2.05, 4.69) is 10.6 Å². The van der Waals surface area contributed by atoms with E-state index in [0.29, 0.717) is 19.4 Å². The molecule has 0 aliphatic heterocycles. The molecule has 0 aromatic heterocycles. The molecule has 2 aromatic carbocycles. The maximum atomic E-state index is 12.3. The van der Waals surface area contributed by atoms with Crippen molar-refractivity contribution in [3.63, 3.8) is 0 Å². The fourth-order valence-electron chi connectivity index (χ4n) is 3.24. The minimum absolute atomic E-state index is 0.00289. The molecule has 2 amide bonds. The first-order valence-corrected chi connectivity index (χ1v) is 11.3. The van der Waals surface area contributed by atoms with Crippen LogP contribution in [0.15, 0.2) is 60.7 Å². The molecule has 0 aliphatic rings. The Kier molecular flexibility index (Phi) is 11.2. The summed E-state index contributed by atoms with van der Waals surface area (Å²) in [6.07, 6.45) is 0.569. The Labute approximate surface area is 199 Å². The van der Waals surface area contributed by atoms with Gasteiger partial charge in [0.1, 0.15) is 6.61 Å².